The molecular formula is C9H5F6N. The van der Waals surface area contributed by atoms with Crippen molar-refractivity contribution in [2.75, 3.05) is 0 Å². The molecule has 1 aliphatic rings. The minimum absolute atomic E-state index is 0.0418. The van der Waals surface area contributed by atoms with Gasteiger partial charge in [-0.05, 0) is 12.2 Å². The van der Waals surface area contributed by atoms with Crippen molar-refractivity contribution in [3.8, 4) is 11.8 Å². The molecule has 2 N–H and O–H groups in total. The highest BCUT2D eigenvalue weighted by atomic mass is 19.4. The van der Waals surface area contributed by atoms with Crippen molar-refractivity contribution in [1.29, 1.82) is 0 Å². The first-order chi connectivity index (χ1) is 7.10. The van der Waals surface area contributed by atoms with Gasteiger partial charge in [0.1, 0.15) is 5.57 Å². The molecule has 16 heavy (non-hydrogen) atoms. The average molecular weight is 241 g/mol. The summed E-state index contributed by atoms with van der Waals surface area (Å²) in [6.07, 6.45) is -9.39. The van der Waals surface area contributed by atoms with Gasteiger partial charge in [-0.25, -0.2) is 0 Å². The number of alkyl halides is 6. The van der Waals surface area contributed by atoms with E-state index >= 15 is 0 Å². The van der Waals surface area contributed by atoms with Crippen LogP contribution in [0.25, 0.3) is 0 Å². The summed E-state index contributed by atoms with van der Waals surface area (Å²) in [4.78, 5) is 0. The van der Waals surface area contributed by atoms with E-state index in [1.807, 2.05) is 5.92 Å². The van der Waals surface area contributed by atoms with Gasteiger partial charge in [-0.3, -0.25) is 0 Å². The molecule has 0 saturated heterocycles. The van der Waals surface area contributed by atoms with Crippen molar-refractivity contribution in [2.45, 2.75) is 18.4 Å². The monoisotopic (exact) mass is 241 g/mol. The Hall–Kier alpha value is -1.42. The summed E-state index contributed by atoms with van der Waals surface area (Å²) in [7, 11) is 0. The van der Waals surface area contributed by atoms with Crippen LogP contribution in [0.5, 0.6) is 0 Å². The molecule has 0 spiro atoms. The number of hydrogen-bond acceptors (Lipinski definition) is 1. The first-order valence-corrected chi connectivity index (χ1v) is 3.96. The first-order valence-electron chi connectivity index (χ1n) is 3.96. The predicted molar refractivity (Wildman–Crippen MR) is 44.0 cm³/mol. The van der Waals surface area contributed by atoms with Crippen LogP contribution in [0, 0.1) is 11.8 Å². The zero-order chi connectivity index (χ0) is 12.6. The lowest BCUT2D eigenvalue weighted by Gasteiger charge is -2.10. The molecule has 0 aromatic heterocycles. The average Bonchev–Trinajstić information content (AvgIpc) is 2.24. The number of halogens is 6. The van der Waals surface area contributed by atoms with E-state index in [9.17, 15) is 26.3 Å². The summed E-state index contributed by atoms with van der Waals surface area (Å²) >= 11 is 0. The van der Waals surface area contributed by atoms with Gasteiger partial charge in [-0.2, -0.15) is 26.3 Å². The standard InChI is InChI=1S/C9H5F6N/c10-8(11,12)5-1-2-7(16)4-6(3-5)9(13,14)15/h3-4,7H,16H2. The van der Waals surface area contributed by atoms with E-state index in [0.717, 1.165) is 0 Å². The summed E-state index contributed by atoms with van der Waals surface area (Å²) in [6.45, 7) is 0. The maximum atomic E-state index is 12.3. The van der Waals surface area contributed by atoms with Crippen molar-refractivity contribution in [3.63, 3.8) is 0 Å². The van der Waals surface area contributed by atoms with Crippen molar-refractivity contribution in [2.24, 2.45) is 5.73 Å². The summed E-state index contributed by atoms with van der Waals surface area (Å²) in [6, 6.07) is -1.37. The zero-order valence-corrected chi connectivity index (χ0v) is 7.58. The van der Waals surface area contributed by atoms with Crippen LogP contribution in [0.4, 0.5) is 26.3 Å². The minimum Gasteiger partial charge on any atom is -0.314 e. The zero-order valence-electron chi connectivity index (χ0n) is 7.58. The smallest absolute Gasteiger partial charge is 0.314 e. The van der Waals surface area contributed by atoms with Gasteiger partial charge < -0.3 is 5.73 Å². The molecule has 0 aromatic carbocycles. The third kappa shape index (κ3) is 3.03. The van der Waals surface area contributed by atoms with Crippen molar-refractivity contribution in [1.82, 2.24) is 0 Å². The molecule has 0 fully saturated rings. The van der Waals surface area contributed by atoms with Crippen molar-refractivity contribution < 1.29 is 26.3 Å². The fourth-order valence-corrected chi connectivity index (χ4v) is 0.965. The Morgan fingerprint density at radius 2 is 1.62 bits per heavy atom. The molecule has 1 unspecified atom stereocenters. The fraction of sp³-hybridized carbons (Fsp3) is 0.333. The number of nitrogens with two attached hydrogens (primary N) is 1. The molecule has 7 heteroatoms. The Kier molecular flexibility index (Phi) is 3.06. The highest BCUT2D eigenvalue weighted by Crippen LogP contribution is 2.33. The maximum absolute atomic E-state index is 12.3. The Labute approximate surface area is 86.6 Å². The van der Waals surface area contributed by atoms with Crippen LogP contribution in [0.2, 0.25) is 0 Å². The van der Waals surface area contributed by atoms with Crippen LogP contribution in [0.1, 0.15) is 0 Å². The second-order valence-corrected chi connectivity index (χ2v) is 2.97. The Bertz CT molecular complexity index is 400. The molecule has 1 aliphatic carbocycles. The molecule has 1 rings (SSSR count). The topological polar surface area (TPSA) is 26.0 Å². The summed E-state index contributed by atoms with van der Waals surface area (Å²) in [5.74, 6) is 3.45. The van der Waals surface area contributed by atoms with Crippen LogP contribution in [0.15, 0.2) is 23.3 Å². The molecule has 88 valence electrons. The van der Waals surface area contributed by atoms with Crippen molar-refractivity contribution >= 4 is 0 Å². The second kappa shape index (κ2) is 3.87. The van der Waals surface area contributed by atoms with Gasteiger partial charge >= 0.3 is 12.4 Å². The highest BCUT2D eigenvalue weighted by molar-refractivity contribution is 5.46. The SMILES string of the molecule is NC1C#CC(C(F)(F)F)=CC(C(F)(F)F)=C1. The molecule has 0 amide bonds. The van der Waals surface area contributed by atoms with Gasteiger partial charge in [0, 0.05) is 0 Å². The normalized spacial score (nSPS) is 21.6. The number of hydrogen-bond donors (Lipinski definition) is 1. The molecular weight excluding hydrogens is 236 g/mol. The molecule has 0 saturated carbocycles. The van der Waals surface area contributed by atoms with E-state index in [-0.39, 0.29) is 6.08 Å². The lowest BCUT2D eigenvalue weighted by atomic mass is 10.1. The minimum atomic E-state index is -4.92. The fourth-order valence-electron chi connectivity index (χ4n) is 0.965. The lowest BCUT2D eigenvalue weighted by Crippen LogP contribution is -2.18. The maximum Gasteiger partial charge on any atom is 0.424 e. The van der Waals surface area contributed by atoms with E-state index in [2.05, 4.69) is 0 Å². The third-order valence-electron chi connectivity index (χ3n) is 1.67. The molecule has 0 aromatic rings. The van der Waals surface area contributed by atoms with Crippen LogP contribution >= 0.6 is 0 Å². The van der Waals surface area contributed by atoms with Gasteiger partial charge in [0.05, 0.1) is 11.6 Å². The molecule has 0 bridgehead atoms. The van der Waals surface area contributed by atoms with E-state index in [1.165, 1.54) is 0 Å². The van der Waals surface area contributed by atoms with Gasteiger partial charge in [-0.15, -0.1) is 0 Å². The summed E-state index contributed by atoms with van der Waals surface area (Å²) in [5, 5.41) is 0. The Morgan fingerprint density at radius 3 is 2.06 bits per heavy atom. The highest BCUT2D eigenvalue weighted by Gasteiger charge is 2.38. The second-order valence-electron chi connectivity index (χ2n) is 2.97. The largest absolute Gasteiger partial charge is 0.424 e. The van der Waals surface area contributed by atoms with Crippen LogP contribution in [0.3, 0.4) is 0 Å². The lowest BCUT2D eigenvalue weighted by molar-refractivity contribution is -0.0928. The number of allylic oxidation sites excluding steroid dienone is 3. The van der Waals surface area contributed by atoms with Gasteiger partial charge in [-0.1, -0.05) is 11.8 Å². The van der Waals surface area contributed by atoms with Crippen molar-refractivity contribution in [3.05, 3.63) is 23.3 Å². The molecule has 1 atom stereocenters. The predicted octanol–water partition coefficient (Wildman–Crippen LogP) is 2.31. The Morgan fingerprint density at radius 1 is 1.06 bits per heavy atom. The first kappa shape index (κ1) is 12.6. The van der Waals surface area contributed by atoms with Gasteiger partial charge in [0.25, 0.3) is 0 Å². The third-order valence-corrected chi connectivity index (χ3v) is 1.67. The molecule has 1 nitrogen and oxygen atoms in total. The summed E-state index contributed by atoms with van der Waals surface area (Å²) < 4.78 is 73.4. The van der Waals surface area contributed by atoms with E-state index in [0.29, 0.717) is 6.08 Å². The molecule has 0 aliphatic heterocycles. The van der Waals surface area contributed by atoms with Crippen LogP contribution < -0.4 is 5.73 Å². The quantitative estimate of drug-likeness (QED) is 0.511. The molecule has 0 radical (unpaired) electrons. The summed E-state index contributed by atoms with van der Waals surface area (Å²) in [5.41, 5.74) is 2.07. The molecule has 0 heterocycles. The van der Waals surface area contributed by atoms with Gasteiger partial charge in [0.2, 0.25) is 0 Å². The Balaban J connectivity index is 3.23. The van der Waals surface area contributed by atoms with Gasteiger partial charge in [0.15, 0.2) is 0 Å². The van der Waals surface area contributed by atoms with E-state index in [1.54, 1.807) is 5.92 Å². The van der Waals surface area contributed by atoms with E-state index < -0.39 is 29.5 Å². The van der Waals surface area contributed by atoms with Crippen LogP contribution in [-0.4, -0.2) is 18.4 Å². The van der Waals surface area contributed by atoms with Crippen LogP contribution in [-0.2, 0) is 0 Å². The number of rotatable bonds is 0. The van der Waals surface area contributed by atoms with E-state index in [4.69, 9.17) is 5.73 Å².